The maximum absolute atomic E-state index is 12.5. The van der Waals surface area contributed by atoms with E-state index in [1.165, 1.54) is 0 Å². The number of anilines is 1. The van der Waals surface area contributed by atoms with E-state index in [2.05, 4.69) is 4.98 Å². The quantitative estimate of drug-likeness (QED) is 0.864. The molecule has 0 aromatic carbocycles. The summed E-state index contributed by atoms with van der Waals surface area (Å²) in [5.41, 5.74) is -0.876. The Labute approximate surface area is 124 Å². The molecule has 0 amide bonds. The molecule has 1 aromatic rings. The van der Waals surface area contributed by atoms with Crippen LogP contribution < -0.4 is 10.0 Å². The van der Waals surface area contributed by atoms with Crippen molar-refractivity contribution in [2.45, 2.75) is 6.18 Å². The van der Waals surface area contributed by atoms with Crippen LogP contribution in [-0.4, -0.2) is 56.8 Å². The molecule has 0 bridgehead atoms. The summed E-state index contributed by atoms with van der Waals surface area (Å²) in [5.74, 6) is -0.123. The zero-order valence-electron chi connectivity index (χ0n) is 11.0. The molecule has 0 radical (unpaired) electrons. The number of halogens is 3. The molecular formula is C10H15F3N4O2S2. The topological polar surface area (TPSA) is 79.5 Å². The normalized spacial score (nSPS) is 18.2. The Hall–Kier alpha value is -0.910. The summed E-state index contributed by atoms with van der Waals surface area (Å²) in [6.07, 6.45) is -4.42. The fraction of sp³-hybridized carbons (Fsp3) is 0.700. The number of alkyl halides is 3. The van der Waals surface area contributed by atoms with E-state index in [4.69, 9.17) is 5.14 Å². The largest absolute Gasteiger partial charge is 0.434 e. The zero-order chi connectivity index (χ0) is 15.7. The van der Waals surface area contributed by atoms with Gasteiger partial charge in [0.25, 0.3) is 0 Å². The Bertz CT molecular complexity index is 579. The number of hydrogen-bond donors (Lipinski definition) is 1. The lowest BCUT2D eigenvalue weighted by Gasteiger charge is -2.34. The molecule has 0 aliphatic carbocycles. The van der Waals surface area contributed by atoms with Gasteiger partial charge in [-0.25, -0.2) is 18.5 Å². The standard InChI is InChI=1S/C10H15F3N4O2S2/c11-10(12,13)8-7-20-9(15-8)17-3-1-16(2-4-17)5-6-21(14,18)19/h7H,1-6H2,(H2,14,18,19). The maximum atomic E-state index is 12.5. The molecule has 2 heterocycles. The van der Waals surface area contributed by atoms with Crippen LogP contribution in [0.3, 0.4) is 0 Å². The highest BCUT2D eigenvalue weighted by molar-refractivity contribution is 7.89. The molecule has 0 saturated carbocycles. The van der Waals surface area contributed by atoms with Gasteiger partial charge < -0.3 is 4.90 Å². The highest BCUT2D eigenvalue weighted by atomic mass is 32.2. The SMILES string of the molecule is NS(=O)(=O)CCN1CCN(c2nc(C(F)(F)F)cs2)CC1. The number of hydrogen-bond acceptors (Lipinski definition) is 6. The molecule has 1 fully saturated rings. The van der Waals surface area contributed by atoms with Crippen LogP contribution in [0.1, 0.15) is 5.69 Å². The van der Waals surface area contributed by atoms with Crippen LogP contribution in [-0.2, 0) is 16.2 Å². The van der Waals surface area contributed by atoms with Gasteiger partial charge in [-0.2, -0.15) is 13.2 Å². The van der Waals surface area contributed by atoms with Gasteiger partial charge in [0.2, 0.25) is 10.0 Å². The second-order valence-corrected chi connectivity index (χ2v) is 7.28. The number of nitrogens with two attached hydrogens (primary N) is 1. The molecule has 1 aliphatic heterocycles. The second kappa shape index (κ2) is 6.07. The summed E-state index contributed by atoms with van der Waals surface area (Å²) in [5, 5.41) is 6.28. The van der Waals surface area contributed by atoms with Crippen molar-refractivity contribution in [1.29, 1.82) is 0 Å². The Morgan fingerprint density at radius 2 is 1.90 bits per heavy atom. The minimum Gasteiger partial charge on any atom is -0.346 e. The molecule has 21 heavy (non-hydrogen) atoms. The highest BCUT2D eigenvalue weighted by Gasteiger charge is 2.34. The first-order valence-electron chi connectivity index (χ1n) is 6.16. The van der Waals surface area contributed by atoms with E-state index in [0.29, 0.717) is 37.9 Å². The van der Waals surface area contributed by atoms with Crippen molar-refractivity contribution < 1.29 is 21.6 Å². The van der Waals surface area contributed by atoms with E-state index in [0.717, 1.165) is 16.7 Å². The molecule has 1 aromatic heterocycles. The number of thiazole rings is 1. The Balaban J connectivity index is 1.88. The monoisotopic (exact) mass is 344 g/mol. The molecule has 1 aliphatic rings. The average Bonchev–Trinajstić information content (AvgIpc) is 2.85. The Kier molecular flexibility index (Phi) is 4.76. The predicted octanol–water partition coefficient (Wildman–Crippen LogP) is 0.572. The molecule has 0 unspecified atom stereocenters. The van der Waals surface area contributed by atoms with Crippen LogP contribution in [0.25, 0.3) is 0 Å². The molecule has 120 valence electrons. The van der Waals surface area contributed by atoms with Crippen molar-refractivity contribution in [1.82, 2.24) is 9.88 Å². The van der Waals surface area contributed by atoms with Crippen molar-refractivity contribution in [2.24, 2.45) is 5.14 Å². The van der Waals surface area contributed by atoms with Crippen molar-refractivity contribution in [3.63, 3.8) is 0 Å². The lowest BCUT2D eigenvalue weighted by molar-refractivity contribution is -0.140. The van der Waals surface area contributed by atoms with Crippen molar-refractivity contribution in [2.75, 3.05) is 43.4 Å². The first-order valence-corrected chi connectivity index (χ1v) is 8.75. The third kappa shape index (κ3) is 4.80. The maximum Gasteiger partial charge on any atom is 0.434 e. The number of sulfonamides is 1. The first kappa shape index (κ1) is 16.5. The molecule has 1 saturated heterocycles. The van der Waals surface area contributed by atoms with Crippen LogP contribution in [0, 0.1) is 0 Å². The van der Waals surface area contributed by atoms with E-state index in [1.54, 1.807) is 4.90 Å². The zero-order valence-corrected chi connectivity index (χ0v) is 12.6. The third-order valence-corrected chi connectivity index (χ3v) is 4.77. The fourth-order valence-corrected chi connectivity index (χ4v) is 3.36. The molecule has 2 rings (SSSR count). The van der Waals surface area contributed by atoms with Gasteiger partial charge in [0.05, 0.1) is 5.75 Å². The van der Waals surface area contributed by atoms with Crippen LogP contribution in [0.2, 0.25) is 0 Å². The van der Waals surface area contributed by atoms with Crippen molar-refractivity contribution >= 4 is 26.5 Å². The van der Waals surface area contributed by atoms with Gasteiger partial charge in [-0.05, 0) is 0 Å². The summed E-state index contributed by atoms with van der Waals surface area (Å²) in [6.45, 7) is 2.48. The molecule has 0 atom stereocenters. The van der Waals surface area contributed by atoms with Crippen LogP contribution >= 0.6 is 11.3 Å². The predicted molar refractivity (Wildman–Crippen MR) is 73.7 cm³/mol. The Morgan fingerprint density at radius 1 is 1.29 bits per heavy atom. The van der Waals surface area contributed by atoms with E-state index >= 15 is 0 Å². The smallest absolute Gasteiger partial charge is 0.346 e. The molecule has 6 nitrogen and oxygen atoms in total. The molecule has 2 N–H and O–H groups in total. The minimum atomic E-state index is -4.42. The van der Waals surface area contributed by atoms with Gasteiger partial charge in [-0.1, -0.05) is 0 Å². The summed E-state index contributed by atoms with van der Waals surface area (Å²) in [4.78, 5) is 7.29. The number of aromatic nitrogens is 1. The highest BCUT2D eigenvalue weighted by Crippen LogP contribution is 2.33. The van der Waals surface area contributed by atoms with E-state index in [9.17, 15) is 21.6 Å². The van der Waals surface area contributed by atoms with E-state index < -0.39 is 21.9 Å². The summed E-state index contributed by atoms with van der Waals surface area (Å²) in [6, 6.07) is 0. The van der Waals surface area contributed by atoms with E-state index in [-0.39, 0.29) is 5.75 Å². The van der Waals surface area contributed by atoms with Crippen molar-refractivity contribution in [3.8, 4) is 0 Å². The fourth-order valence-electron chi connectivity index (χ4n) is 1.96. The summed E-state index contributed by atoms with van der Waals surface area (Å²) < 4.78 is 59.2. The van der Waals surface area contributed by atoms with Crippen LogP contribution in [0.15, 0.2) is 5.38 Å². The number of primary sulfonamides is 1. The van der Waals surface area contributed by atoms with Crippen LogP contribution in [0.4, 0.5) is 18.3 Å². The summed E-state index contributed by atoms with van der Waals surface area (Å²) >= 11 is 0.962. The summed E-state index contributed by atoms with van der Waals surface area (Å²) in [7, 11) is -3.49. The number of nitrogens with zero attached hydrogens (tertiary/aromatic N) is 3. The third-order valence-electron chi connectivity index (χ3n) is 3.12. The lowest BCUT2D eigenvalue weighted by atomic mass is 10.3. The number of rotatable bonds is 4. The molecular weight excluding hydrogens is 329 g/mol. The van der Waals surface area contributed by atoms with E-state index in [1.807, 2.05) is 4.90 Å². The second-order valence-electron chi connectivity index (χ2n) is 4.71. The molecule has 0 spiro atoms. The average molecular weight is 344 g/mol. The lowest BCUT2D eigenvalue weighted by Crippen LogP contribution is -2.48. The van der Waals surface area contributed by atoms with Gasteiger partial charge in [0.15, 0.2) is 10.8 Å². The van der Waals surface area contributed by atoms with Crippen LogP contribution in [0.5, 0.6) is 0 Å². The van der Waals surface area contributed by atoms with Gasteiger partial charge in [0, 0.05) is 38.1 Å². The van der Waals surface area contributed by atoms with Gasteiger partial charge in [0.1, 0.15) is 0 Å². The van der Waals surface area contributed by atoms with Gasteiger partial charge in [-0.3, -0.25) is 4.90 Å². The first-order chi connectivity index (χ1) is 9.65. The number of piperazine rings is 1. The Morgan fingerprint density at radius 3 is 2.38 bits per heavy atom. The molecule has 11 heteroatoms. The van der Waals surface area contributed by atoms with Gasteiger partial charge >= 0.3 is 6.18 Å². The van der Waals surface area contributed by atoms with Crippen molar-refractivity contribution in [3.05, 3.63) is 11.1 Å². The van der Waals surface area contributed by atoms with Gasteiger partial charge in [-0.15, -0.1) is 11.3 Å². The minimum absolute atomic E-state index is 0.123.